The number of hydrogen-bond acceptors (Lipinski definition) is 3. The van der Waals surface area contributed by atoms with E-state index in [0.29, 0.717) is 26.2 Å². The maximum atomic E-state index is 8.69. The van der Waals surface area contributed by atoms with Gasteiger partial charge in [0, 0.05) is 13.0 Å². The topological polar surface area (TPSA) is 42.2 Å². The van der Waals surface area contributed by atoms with E-state index in [9.17, 15) is 0 Å². The molecule has 3 nitrogen and oxygen atoms in total. The molecule has 0 radical (unpaired) electrons. The van der Waals surface area contributed by atoms with Crippen molar-refractivity contribution >= 4 is 0 Å². The van der Waals surface area contributed by atoms with Crippen LogP contribution >= 0.6 is 0 Å². The lowest BCUT2D eigenvalue weighted by atomic mass is 10.1. The Labute approximate surface area is 60.5 Å². The Balaban J connectivity index is 2.51. The Morgan fingerprint density at radius 3 is 3.00 bits per heavy atom. The molecule has 10 heavy (non-hydrogen) atoms. The standard InChI is InChI=1S/C7H11NO2/c1-2-10-7(5-8)3-4-9-6-7/h2-4,6H2,1H3. The minimum absolute atomic E-state index is 0.428. The molecule has 56 valence electrons. The lowest BCUT2D eigenvalue weighted by molar-refractivity contribution is -0.00144. The fraction of sp³-hybridized carbons (Fsp3) is 0.857. The lowest BCUT2D eigenvalue weighted by Gasteiger charge is -2.17. The first-order valence-corrected chi connectivity index (χ1v) is 3.46. The van der Waals surface area contributed by atoms with Crippen LogP contribution in [0.15, 0.2) is 0 Å². The van der Waals surface area contributed by atoms with Gasteiger partial charge in [-0.05, 0) is 6.92 Å². The molecule has 0 amide bonds. The van der Waals surface area contributed by atoms with Crippen LogP contribution in [-0.4, -0.2) is 25.4 Å². The number of nitrogens with zero attached hydrogens (tertiary/aromatic N) is 1. The molecule has 0 N–H and O–H groups in total. The SMILES string of the molecule is CCOC1(C#N)CCOC1. The van der Waals surface area contributed by atoms with Crippen LogP contribution in [0.25, 0.3) is 0 Å². The summed E-state index contributed by atoms with van der Waals surface area (Å²) in [5.41, 5.74) is -0.630. The maximum Gasteiger partial charge on any atom is 0.179 e. The molecule has 1 rings (SSSR count). The molecule has 1 fully saturated rings. The summed E-state index contributed by atoms with van der Waals surface area (Å²) in [5.74, 6) is 0. The third-order valence-electron chi connectivity index (χ3n) is 1.61. The van der Waals surface area contributed by atoms with E-state index in [-0.39, 0.29) is 0 Å². The minimum atomic E-state index is -0.630. The van der Waals surface area contributed by atoms with Crippen LogP contribution < -0.4 is 0 Å². The summed E-state index contributed by atoms with van der Waals surface area (Å²) in [4.78, 5) is 0. The molecule has 0 bridgehead atoms. The third-order valence-corrected chi connectivity index (χ3v) is 1.61. The van der Waals surface area contributed by atoms with Crippen molar-refractivity contribution in [3.8, 4) is 6.07 Å². The lowest BCUT2D eigenvalue weighted by Crippen LogP contribution is -2.30. The Morgan fingerprint density at radius 2 is 2.60 bits per heavy atom. The van der Waals surface area contributed by atoms with Gasteiger partial charge in [0.1, 0.15) is 6.07 Å². The monoisotopic (exact) mass is 141 g/mol. The summed E-state index contributed by atoms with van der Waals surface area (Å²) in [6, 6.07) is 2.13. The summed E-state index contributed by atoms with van der Waals surface area (Å²) in [5, 5.41) is 8.69. The molecule has 0 aromatic rings. The van der Waals surface area contributed by atoms with E-state index in [1.54, 1.807) is 0 Å². The second kappa shape index (κ2) is 3.00. The van der Waals surface area contributed by atoms with Crippen molar-refractivity contribution in [2.75, 3.05) is 19.8 Å². The first-order chi connectivity index (χ1) is 4.83. The van der Waals surface area contributed by atoms with Crippen molar-refractivity contribution in [2.24, 2.45) is 0 Å². The molecule has 1 heterocycles. The van der Waals surface area contributed by atoms with E-state index in [4.69, 9.17) is 14.7 Å². The van der Waals surface area contributed by atoms with Crippen LogP contribution in [0.4, 0.5) is 0 Å². The maximum absolute atomic E-state index is 8.69. The highest BCUT2D eigenvalue weighted by atomic mass is 16.6. The highest BCUT2D eigenvalue weighted by Crippen LogP contribution is 2.21. The molecule has 0 aromatic carbocycles. The van der Waals surface area contributed by atoms with Gasteiger partial charge in [0.2, 0.25) is 0 Å². The Morgan fingerprint density at radius 1 is 1.80 bits per heavy atom. The summed E-state index contributed by atoms with van der Waals surface area (Å²) in [6.45, 7) is 3.54. The van der Waals surface area contributed by atoms with Gasteiger partial charge in [-0.1, -0.05) is 0 Å². The highest BCUT2D eigenvalue weighted by molar-refractivity contribution is 5.04. The molecule has 0 aromatic heterocycles. The zero-order valence-electron chi connectivity index (χ0n) is 6.09. The van der Waals surface area contributed by atoms with Crippen LogP contribution in [0.2, 0.25) is 0 Å². The van der Waals surface area contributed by atoms with Crippen LogP contribution in [-0.2, 0) is 9.47 Å². The van der Waals surface area contributed by atoms with Gasteiger partial charge in [0.25, 0.3) is 0 Å². The van der Waals surface area contributed by atoms with Gasteiger partial charge in [-0.15, -0.1) is 0 Å². The number of ether oxygens (including phenoxy) is 2. The van der Waals surface area contributed by atoms with Gasteiger partial charge in [0.15, 0.2) is 5.60 Å². The quantitative estimate of drug-likeness (QED) is 0.568. The number of nitriles is 1. The molecule has 0 aliphatic carbocycles. The Hall–Kier alpha value is -0.590. The summed E-state index contributed by atoms with van der Waals surface area (Å²) >= 11 is 0. The van der Waals surface area contributed by atoms with Crippen LogP contribution in [0.5, 0.6) is 0 Å². The normalized spacial score (nSPS) is 32.0. The summed E-state index contributed by atoms with van der Waals surface area (Å²) in [7, 11) is 0. The van der Waals surface area contributed by atoms with Crippen molar-refractivity contribution in [3.05, 3.63) is 0 Å². The molecule has 1 aliphatic heterocycles. The zero-order valence-corrected chi connectivity index (χ0v) is 6.09. The van der Waals surface area contributed by atoms with Gasteiger partial charge >= 0.3 is 0 Å². The van der Waals surface area contributed by atoms with Crippen molar-refractivity contribution in [3.63, 3.8) is 0 Å². The molecule has 1 atom stereocenters. The second-order valence-electron chi connectivity index (χ2n) is 2.34. The molecular formula is C7H11NO2. The van der Waals surface area contributed by atoms with Gasteiger partial charge in [-0.3, -0.25) is 0 Å². The van der Waals surface area contributed by atoms with E-state index in [0.717, 1.165) is 0 Å². The predicted molar refractivity (Wildman–Crippen MR) is 35.4 cm³/mol. The average Bonchev–Trinajstić information content (AvgIpc) is 2.39. The van der Waals surface area contributed by atoms with Crippen molar-refractivity contribution in [1.82, 2.24) is 0 Å². The van der Waals surface area contributed by atoms with Crippen molar-refractivity contribution in [1.29, 1.82) is 5.26 Å². The van der Waals surface area contributed by atoms with Crippen molar-refractivity contribution in [2.45, 2.75) is 18.9 Å². The van der Waals surface area contributed by atoms with E-state index in [2.05, 4.69) is 6.07 Å². The molecule has 1 aliphatic rings. The average molecular weight is 141 g/mol. The molecule has 0 saturated carbocycles. The largest absolute Gasteiger partial charge is 0.377 e. The van der Waals surface area contributed by atoms with Crippen LogP contribution in [0, 0.1) is 11.3 Å². The smallest absolute Gasteiger partial charge is 0.179 e. The van der Waals surface area contributed by atoms with Crippen LogP contribution in [0.3, 0.4) is 0 Å². The molecule has 0 spiro atoms. The molecule has 1 saturated heterocycles. The van der Waals surface area contributed by atoms with E-state index < -0.39 is 5.60 Å². The number of hydrogen-bond donors (Lipinski definition) is 0. The Bertz CT molecular complexity index is 144. The van der Waals surface area contributed by atoms with E-state index in [1.807, 2.05) is 6.92 Å². The molecule has 1 unspecified atom stereocenters. The number of rotatable bonds is 2. The van der Waals surface area contributed by atoms with Gasteiger partial charge in [0.05, 0.1) is 13.2 Å². The Kier molecular flexibility index (Phi) is 2.25. The van der Waals surface area contributed by atoms with Crippen LogP contribution in [0.1, 0.15) is 13.3 Å². The molecule has 3 heteroatoms. The minimum Gasteiger partial charge on any atom is -0.377 e. The zero-order chi connectivity index (χ0) is 7.45. The summed E-state index contributed by atoms with van der Waals surface area (Å²) < 4.78 is 10.3. The van der Waals surface area contributed by atoms with Gasteiger partial charge in [-0.2, -0.15) is 5.26 Å². The van der Waals surface area contributed by atoms with Gasteiger partial charge in [-0.25, -0.2) is 0 Å². The summed E-state index contributed by atoms with van der Waals surface area (Å²) in [6.07, 6.45) is 0.706. The predicted octanol–water partition coefficient (Wildman–Crippen LogP) is 0.706. The highest BCUT2D eigenvalue weighted by Gasteiger charge is 2.35. The van der Waals surface area contributed by atoms with E-state index >= 15 is 0 Å². The molecular weight excluding hydrogens is 130 g/mol. The van der Waals surface area contributed by atoms with Gasteiger partial charge < -0.3 is 9.47 Å². The fourth-order valence-corrected chi connectivity index (χ4v) is 1.06. The van der Waals surface area contributed by atoms with Crippen molar-refractivity contribution < 1.29 is 9.47 Å². The fourth-order valence-electron chi connectivity index (χ4n) is 1.06. The third kappa shape index (κ3) is 1.28. The first-order valence-electron chi connectivity index (χ1n) is 3.46. The van der Waals surface area contributed by atoms with E-state index in [1.165, 1.54) is 0 Å². The first kappa shape index (κ1) is 7.52. The second-order valence-corrected chi connectivity index (χ2v) is 2.34.